The lowest BCUT2D eigenvalue weighted by Crippen LogP contribution is -2.39. The summed E-state index contributed by atoms with van der Waals surface area (Å²) >= 11 is 0. The van der Waals surface area contributed by atoms with Crippen LogP contribution in [-0.2, 0) is 13.0 Å². The molecule has 1 aliphatic heterocycles. The van der Waals surface area contributed by atoms with Crippen molar-refractivity contribution in [2.45, 2.75) is 26.0 Å². The number of fused-ring (bicyclic) bond motifs is 1. The summed E-state index contributed by atoms with van der Waals surface area (Å²) in [6.07, 6.45) is 1.98. The molecule has 134 valence electrons. The Balaban J connectivity index is 1.57. The standard InChI is InChI=1S/C19H26N4O2/c1-14-5-4-6-16(9-14)25-12-15(24)10-23-8-7-18-17(11-23)19(22(2)3)21-13-20-18/h4-6,9,13,15,24H,7-8,10-12H2,1-3H3. The first-order valence-electron chi connectivity index (χ1n) is 8.63. The summed E-state index contributed by atoms with van der Waals surface area (Å²) in [6.45, 7) is 4.54. The molecular formula is C19H26N4O2. The molecule has 0 aliphatic carbocycles. The Kier molecular flexibility index (Phi) is 5.50. The topological polar surface area (TPSA) is 61.7 Å². The van der Waals surface area contributed by atoms with Crippen LogP contribution in [0.4, 0.5) is 5.82 Å². The Morgan fingerprint density at radius 3 is 2.92 bits per heavy atom. The quantitative estimate of drug-likeness (QED) is 0.861. The highest BCUT2D eigenvalue weighted by atomic mass is 16.5. The molecule has 0 saturated carbocycles. The second-order valence-corrected chi connectivity index (χ2v) is 6.78. The summed E-state index contributed by atoms with van der Waals surface area (Å²) < 4.78 is 5.71. The van der Waals surface area contributed by atoms with Gasteiger partial charge in [-0.25, -0.2) is 9.97 Å². The van der Waals surface area contributed by atoms with Crippen LogP contribution in [0.5, 0.6) is 5.75 Å². The summed E-state index contributed by atoms with van der Waals surface area (Å²) in [5.74, 6) is 1.76. The molecule has 2 aromatic rings. The van der Waals surface area contributed by atoms with Gasteiger partial charge in [0.1, 0.15) is 30.6 Å². The van der Waals surface area contributed by atoms with Gasteiger partial charge < -0.3 is 14.7 Å². The van der Waals surface area contributed by atoms with E-state index in [0.29, 0.717) is 13.2 Å². The second kappa shape index (κ2) is 7.80. The van der Waals surface area contributed by atoms with Gasteiger partial charge in [-0.1, -0.05) is 12.1 Å². The molecule has 2 heterocycles. The third kappa shape index (κ3) is 4.46. The van der Waals surface area contributed by atoms with Crippen LogP contribution in [0.3, 0.4) is 0 Å². The van der Waals surface area contributed by atoms with Crippen LogP contribution in [0.2, 0.25) is 0 Å². The van der Waals surface area contributed by atoms with Crippen molar-refractivity contribution in [3.63, 3.8) is 0 Å². The van der Waals surface area contributed by atoms with E-state index >= 15 is 0 Å². The Hall–Kier alpha value is -2.18. The van der Waals surface area contributed by atoms with E-state index in [-0.39, 0.29) is 0 Å². The van der Waals surface area contributed by atoms with Crippen molar-refractivity contribution in [2.75, 3.05) is 38.7 Å². The second-order valence-electron chi connectivity index (χ2n) is 6.78. The van der Waals surface area contributed by atoms with Gasteiger partial charge in [-0.3, -0.25) is 4.90 Å². The van der Waals surface area contributed by atoms with Crippen LogP contribution >= 0.6 is 0 Å². The van der Waals surface area contributed by atoms with E-state index in [1.165, 1.54) is 0 Å². The van der Waals surface area contributed by atoms with Gasteiger partial charge >= 0.3 is 0 Å². The summed E-state index contributed by atoms with van der Waals surface area (Å²) in [5, 5.41) is 10.4. The van der Waals surface area contributed by atoms with Crippen molar-refractivity contribution in [1.82, 2.24) is 14.9 Å². The normalized spacial score (nSPS) is 15.5. The molecule has 0 saturated heterocycles. The molecule has 25 heavy (non-hydrogen) atoms. The predicted octanol–water partition coefficient (Wildman–Crippen LogP) is 1.65. The van der Waals surface area contributed by atoms with Gasteiger partial charge in [-0.05, 0) is 24.6 Å². The molecule has 0 amide bonds. The molecule has 6 heteroatoms. The Morgan fingerprint density at radius 1 is 1.32 bits per heavy atom. The molecule has 1 aromatic carbocycles. The number of aliphatic hydroxyl groups is 1. The predicted molar refractivity (Wildman–Crippen MR) is 98.0 cm³/mol. The number of aromatic nitrogens is 2. The molecule has 1 aromatic heterocycles. The van der Waals surface area contributed by atoms with Gasteiger partial charge in [0.15, 0.2) is 0 Å². The highest BCUT2D eigenvalue weighted by molar-refractivity contribution is 5.48. The highest BCUT2D eigenvalue weighted by Gasteiger charge is 2.23. The summed E-state index contributed by atoms with van der Waals surface area (Å²) in [7, 11) is 3.98. The number of hydrogen-bond acceptors (Lipinski definition) is 6. The maximum Gasteiger partial charge on any atom is 0.136 e. The highest BCUT2D eigenvalue weighted by Crippen LogP contribution is 2.24. The molecule has 0 fully saturated rings. The molecule has 1 aliphatic rings. The number of nitrogens with zero attached hydrogens (tertiary/aromatic N) is 4. The number of ether oxygens (including phenoxy) is 1. The Labute approximate surface area is 149 Å². The Bertz CT molecular complexity index is 720. The SMILES string of the molecule is Cc1cccc(OCC(O)CN2CCc3ncnc(N(C)C)c3C2)c1. The maximum absolute atomic E-state index is 10.4. The lowest BCUT2D eigenvalue weighted by atomic mass is 10.1. The molecule has 0 spiro atoms. The third-order valence-corrected chi connectivity index (χ3v) is 4.38. The summed E-state index contributed by atoms with van der Waals surface area (Å²) in [6, 6.07) is 7.88. The number of hydrogen-bond donors (Lipinski definition) is 1. The minimum absolute atomic E-state index is 0.290. The van der Waals surface area contributed by atoms with Crippen LogP contribution in [0, 0.1) is 6.92 Å². The van der Waals surface area contributed by atoms with E-state index in [4.69, 9.17) is 4.74 Å². The van der Waals surface area contributed by atoms with E-state index in [9.17, 15) is 5.11 Å². The molecule has 0 bridgehead atoms. The molecular weight excluding hydrogens is 316 g/mol. The van der Waals surface area contributed by atoms with Crippen LogP contribution in [0.25, 0.3) is 0 Å². The van der Waals surface area contributed by atoms with Crippen LogP contribution in [0.15, 0.2) is 30.6 Å². The summed E-state index contributed by atoms with van der Waals surface area (Å²) in [5.41, 5.74) is 3.42. The Morgan fingerprint density at radius 2 is 2.16 bits per heavy atom. The molecule has 0 radical (unpaired) electrons. The van der Waals surface area contributed by atoms with Crippen molar-refractivity contribution >= 4 is 5.82 Å². The first kappa shape index (κ1) is 17.6. The maximum atomic E-state index is 10.4. The van der Waals surface area contributed by atoms with E-state index in [2.05, 4.69) is 14.9 Å². The van der Waals surface area contributed by atoms with Gasteiger partial charge in [0.25, 0.3) is 0 Å². The molecule has 3 rings (SSSR count). The number of aliphatic hydroxyl groups excluding tert-OH is 1. The monoisotopic (exact) mass is 342 g/mol. The number of β-amino-alcohol motifs (C(OH)–C–C–N with tert-alkyl or cyclic N) is 1. The van der Waals surface area contributed by atoms with E-state index in [0.717, 1.165) is 47.9 Å². The first-order chi connectivity index (χ1) is 12.0. The van der Waals surface area contributed by atoms with E-state index in [1.807, 2.05) is 50.2 Å². The van der Waals surface area contributed by atoms with Crippen molar-refractivity contribution in [1.29, 1.82) is 0 Å². The van der Waals surface area contributed by atoms with Gasteiger partial charge in [0.2, 0.25) is 0 Å². The van der Waals surface area contributed by atoms with Gasteiger partial charge in [0, 0.05) is 45.7 Å². The lowest BCUT2D eigenvalue weighted by Gasteiger charge is -2.31. The smallest absolute Gasteiger partial charge is 0.136 e. The minimum Gasteiger partial charge on any atom is -0.491 e. The van der Waals surface area contributed by atoms with Gasteiger partial charge in [-0.2, -0.15) is 0 Å². The fraction of sp³-hybridized carbons (Fsp3) is 0.474. The number of anilines is 1. The van der Waals surface area contributed by atoms with Crippen molar-refractivity contribution < 1.29 is 9.84 Å². The zero-order valence-corrected chi connectivity index (χ0v) is 15.1. The molecule has 1 unspecified atom stereocenters. The van der Waals surface area contributed by atoms with Gasteiger partial charge in [0.05, 0.1) is 5.69 Å². The third-order valence-electron chi connectivity index (χ3n) is 4.38. The zero-order valence-electron chi connectivity index (χ0n) is 15.1. The van der Waals surface area contributed by atoms with Crippen LogP contribution in [-0.4, -0.2) is 59.9 Å². The summed E-state index contributed by atoms with van der Waals surface area (Å²) in [4.78, 5) is 13.1. The van der Waals surface area contributed by atoms with Crippen molar-refractivity contribution in [3.8, 4) is 5.75 Å². The largest absolute Gasteiger partial charge is 0.491 e. The average Bonchev–Trinajstić information content (AvgIpc) is 2.59. The fourth-order valence-electron chi connectivity index (χ4n) is 3.17. The van der Waals surface area contributed by atoms with Gasteiger partial charge in [-0.15, -0.1) is 0 Å². The zero-order chi connectivity index (χ0) is 17.8. The molecule has 1 N–H and O–H groups in total. The molecule has 6 nitrogen and oxygen atoms in total. The first-order valence-corrected chi connectivity index (χ1v) is 8.63. The average molecular weight is 342 g/mol. The lowest BCUT2D eigenvalue weighted by molar-refractivity contribution is 0.0635. The molecule has 1 atom stereocenters. The van der Waals surface area contributed by atoms with Crippen LogP contribution in [0.1, 0.15) is 16.8 Å². The minimum atomic E-state index is -0.533. The van der Waals surface area contributed by atoms with E-state index < -0.39 is 6.10 Å². The number of rotatable bonds is 6. The van der Waals surface area contributed by atoms with Crippen LogP contribution < -0.4 is 9.64 Å². The number of benzene rings is 1. The van der Waals surface area contributed by atoms with E-state index in [1.54, 1.807) is 6.33 Å². The van der Waals surface area contributed by atoms with Crippen molar-refractivity contribution in [2.24, 2.45) is 0 Å². The fourth-order valence-corrected chi connectivity index (χ4v) is 3.17. The number of aryl methyl sites for hydroxylation is 1. The van der Waals surface area contributed by atoms with Crippen molar-refractivity contribution in [3.05, 3.63) is 47.4 Å².